The SMILES string of the molecule is C=C1/C(=C/C=C2\CCC[C@]3(C)[C@@H]([C@H](C)CCCC(C)C)CC[C@@H]23)C[C@@H](O)C[C@@H]1O[Si](C)(C)C(C)(C)C. The number of aliphatic hydroxyl groups excluding tert-OH is 1. The summed E-state index contributed by atoms with van der Waals surface area (Å²) in [6, 6.07) is 0. The number of allylic oxidation sites excluding steroid dienone is 3. The summed E-state index contributed by atoms with van der Waals surface area (Å²) in [4.78, 5) is 0. The summed E-state index contributed by atoms with van der Waals surface area (Å²) in [5.74, 6) is 3.24. The fraction of sp³-hybridized carbons (Fsp3) is 0.818. The van der Waals surface area contributed by atoms with Crippen LogP contribution in [0.5, 0.6) is 0 Å². The second kappa shape index (κ2) is 11.6. The van der Waals surface area contributed by atoms with Crippen molar-refractivity contribution >= 4 is 8.32 Å². The Bertz CT molecular complexity index is 829. The van der Waals surface area contributed by atoms with Crippen LogP contribution in [0, 0.1) is 29.1 Å². The van der Waals surface area contributed by atoms with E-state index in [0.717, 1.165) is 29.2 Å². The van der Waals surface area contributed by atoms with Gasteiger partial charge in [0, 0.05) is 6.42 Å². The van der Waals surface area contributed by atoms with Gasteiger partial charge in [0.2, 0.25) is 0 Å². The summed E-state index contributed by atoms with van der Waals surface area (Å²) in [5.41, 5.74) is 4.41. The summed E-state index contributed by atoms with van der Waals surface area (Å²) in [7, 11) is -1.93. The summed E-state index contributed by atoms with van der Waals surface area (Å²) in [6.45, 7) is 25.8. The number of fused-ring (bicyclic) bond motifs is 1. The molecule has 0 spiro atoms. The van der Waals surface area contributed by atoms with Crippen LogP contribution in [-0.4, -0.2) is 25.6 Å². The molecule has 206 valence electrons. The minimum atomic E-state index is -1.93. The predicted octanol–water partition coefficient (Wildman–Crippen LogP) is 9.62. The standard InChI is InChI=1S/C33H58O2Si/c1-23(2)13-11-14-24(3)29-18-19-30-26(15-12-20-33(29,30)8)16-17-27-21-28(34)22-31(25(27)4)35-36(9,10)32(5,6)7/h16-17,23-24,28-31,34H,4,11-15,18-22H2,1-3,5-10H3/b26-16+,27-17+/t24-,28-,29-,30+,31+,33-/m1/s1. The van der Waals surface area contributed by atoms with Crippen LogP contribution in [0.15, 0.2) is 35.5 Å². The molecule has 6 atom stereocenters. The van der Waals surface area contributed by atoms with Crippen molar-refractivity contribution in [1.82, 2.24) is 0 Å². The second-order valence-corrected chi connectivity index (χ2v) is 19.6. The zero-order valence-corrected chi connectivity index (χ0v) is 26.3. The van der Waals surface area contributed by atoms with Gasteiger partial charge in [0.05, 0.1) is 12.2 Å². The second-order valence-electron chi connectivity index (χ2n) is 14.8. The van der Waals surface area contributed by atoms with Crippen LogP contribution in [0.1, 0.15) is 113 Å². The Hall–Kier alpha value is -0.643. The van der Waals surface area contributed by atoms with E-state index in [0.29, 0.717) is 18.3 Å². The van der Waals surface area contributed by atoms with E-state index in [1.54, 1.807) is 5.57 Å². The molecular formula is C33H58O2Si. The van der Waals surface area contributed by atoms with Gasteiger partial charge in [-0.15, -0.1) is 0 Å². The third kappa shape index (κ3) is 6.67. The molecule has 36 heavy (non-hydrogen) atoms. The van der Waals surface area contributed by atoms with E-state index in [4.69, 9.17) is 4.43 Å². The fourth-order valence-electron chi connectivity index (χ4n) is 7.36. The van der Waals surface area contributed by atoms with Crippen molar-refractivity contribution in [2.45, 2.75) is 143 Å². The molecule has 3 aliphatic rings. The summed E-state index contributed by atoms with van der Waals surface area (Å²) < 4.78 is 6.74. The summed E-state index contributed by atoms with van der Waals surface area (Å²) in [5, 5.41) is 10.9. The van der Waals surface area contributed by atoms with Crippen molar-refractivity contribution in [3.8, 4) is 0 Å². The molecule has 0 aromatic heterocycles. The van der Waals surface area contributed by atoms with Crippen LogP contribution in [0.2, 0.25) is 18.1 Å². The summed E-state index contributed by atoms with van der Waals surface area (Å²) in [6.07, 6.45) is 16.6. The van der Waals surface area contributed by atoms with Gasteiger partial charge in [0.25, 0.3) is 0 Å². The minimum absolute atomic E-state index is 0.0570. The largest absolute Gasteiger partial charge is 0.410 e. The van der Waals surface area contributed by atoms with Gasteiger partial charge in [-0.3, -0.25) is 0 Å². The van der Waals surface area contributed by atoms with Gasteiger partial charge in [-0.05, 0) is 96.9 Å². The van der Waals surface area contributed by atoms with E-state index >= 15 is 0 Å². The lowest BCUT2D eigenvalue weighted by molar-refractivity contribution is 0.0904. The third-order valence-corrected chi connectivity index (χ3v) is 15.1. The molecule has 2 nitrogen and oxygen atoms in total. The fourth-order valence-corrected chi connectivity index (χ4v) is 8.67. The van der Waals surface area contributed by atoms with Gasteiger partial charge >= 0.3 is 0 Å². The Morgan fingerprint density at radius 1 is 1.14 bits per heavy atom. The molecule has 0 unspecified atom stereocenters. The molecule has 0 heterocycles. The van der Waals surface area contributed by atoms with Crippen molar-refractivity contribution in [2.24, 2.45) is 29.1 Å². The minimum Gasteiger partial charge on any atom is -0.410 e. The van der Waals surface area contributed by atoms with Crippen molar-refractivity contribution in [2.75, 3.05) is 0 Å². The van der Waals surface area contributed by atoms with Gasteiger partial charge in [0.1, 0.15) is 0 Å². The first-order valence-electron chi connectivity index (χ1n) is 15.1. The molecule has 3 aliphatic carbocycles. The lowest BCUT2D eigenvalue weighted by Gasteiger charge is -2.44. The quantitative estimate of drug-likeness (QED) is 0.327. The Morgan fingerprint density at radius 3 is 2.47 bits per heavy atom. The van der Waals surface area contributed by atoms with Crippen molar-refractivity contribution in [3.63, 3.8) is 0 Å². The number of hydrogen-bond acceptors (Lipinski definition) is 2. The molecule has 0 aliphatic heterocycles. The van der Waals surface area contributed by atoms with E-state index in [1.165, 1.54) is 56.9 Å². The Morgan fingerprint density at radius 2 is 1.83 bits per heavy atom. The highest BCUT2D eigenvalue weighted by Crippen LogP contribution is 2.60. The normalized spacial score (nSPS) is 35.0. The molecule has 1 N–H and O–H groups in total. The van der Waals surface area contributed by atoms with Crippen LogP contribution >= 0.6 is 0 Å². The van der Waals surface area contributed by atoms with E-state index in [9.17, 15) is 5.11 Å². The van der Waals surface area contributed by atoms with Gasteiger partial charge in [-0.25, -0.2) is 0 Å². The molecule has 0 aromatic carbocycles. The first-order valence-corrected chi connectivity index (χ1v) is 18.0. The average Bonchev–Trinajstić information content (AvgIpc) is 3.11. The molecule has 0 saturated heterocycles. The molecular weight excluding hydrogens is 456 g/mol. The van der Waals surface area contributed by atoms with E-state index in [-0.39, 0.29) is 17.2 Å². The van der Waals surface area contributed by atoms with Crippen molar-refractivity contribution < 1.29 is 9.53 Å². The Kier molecular flexibility index (Phi) is 9.65. The first kappa shape index (κ1) is 29.9. The maximum Gasteiger partial charge on any atom is 0.192 e. The monoisotopic (exact) mass is 514 g/mol. The first-order chi connectivity index (χ1) is 16.7. The van der Waals surface area contributed by atoms with Crippen LogP contribution < -0.4 is 0 Å². The van der Waals surface area contributed by atoms with E-state index in [2.05, 4.69) is 80.3 Å². The molecule has 3 rings (SSSR count). The lowest BCUT2D eigenvalue weighted by atomic mass is 9.60. The van der Waals surface area contributed by atoms with Crippen molar-refractivity contribution in [1.29, 1.82) is 0 Å². The number of hydrogen-bond donors (Lipinski definition) is 1. The third-order valence-electron chi connectivity index (χ3n) is 10.7. The molecule has 0 radical (unpaired) electrons. The van der Waals surface area contributed by atoms with Gasteiger partial charge in [-0.2, -0.15) is 0 Å². The lowest BCUT2D eigenvalue weighted by Crippen LogP contribution is -2.46. The number of aliphatic hydroxyl groups is 1. The topological polar surface area (TPSA) is 29.5 Å². The van der Waals surface area contributed by atoms with Crippen LogP contribution in [0.3, 0.4) is 0 Å². The van der Waals surface area contributed by atoms with Gasteiger partial charge < -0.3 is 9.53 Å². The summed E-state index contributed by atoms with van der Waals surface area (Å²) >= 11 is 0. The van der Waals surface area contributed by atoms with Crippen molar-refractivity contribution in [3.05, 3.63) is 35.5 Å². The van der Waals surface area contributed by atoms with Crippen LogP contribution in [0.25, 0.3) is 0 Å². The van der Waals surface area contributed by atoms with Gasteiger partial charge in [0.15, 0.2) is 8.32 Å². The Balaban J connectivity index is 1.74. The number of rotatable bonds is 8. The maximum atomic E-state index is 10.7. The molecule has 3 saturated carbocycles. The van der Waals surface area contributed by atoms with Crippen LogP contribution in [-0.2, 0) is 4.43 Å². The molecule has 3 heteroatoms. The maximum absolute atomic E-state index is 10.7. The molecule has 0 bridgehead atoms. The average molecular weight is 515 g/mol. The van der Waals surface area contributed by atoms with E-state index < -0.39 is 8.32 Å². The Labute approximate surface area is 225 Å². The predicted molar refractivity (Wildman–Crippen MR) is 159 cm³/mol. The molecule has 0 amide bonds. The molecule has 3 fully saturated rings. The molecule has 0 aromatic rings. The highest BCUT2D eigenvalue weighted by atomic mass is 28.4. The highest BCUT2D eigenvalue weighted by Gasteiger charge is 2.50. The smallest absolute Gasteiger partial charge is 0.192 e. The van der Waals surface area contributed by atoms with Gasteiger partial charge in [-0.1, -0.05) is 92.0 Å². The zero-order valence-electron chi connectivity index (χ0n) is 25.3. The van der Waals surface area contributed by atoms with Crippen LogP contribution in [0.4, 0.5) is 0 Å². The highest BCUT2D eigenvalue weighted by molar-refractivity contribution is 6.74. The zero-order chi connectivity index (χ0) is 26.9. The van der Waals surface area contributed by atoms with E-state index in [1.807, 2.05) is 0 Å².